The molecule has 0 amide bonds. The summed E-state index contributed by atoms with van der Waals surface area (Å²) in [6, 6.07) is 15.6. The third-order valence-electron chi connectivity index (χ3n) is 3.45. The van der Waals surface area contributed by atoms with Crippen LogP contribution in [-0.2, 0) is 0 Å². The van der Waals surface area contributed by atoms with E-state index in [9.17, 15) is 4.79 Å². The standard InChI is InChI=1S/C17H14O2S/c1-19-15-5-3-4-11-6-7-12-10-14(18)16(20-2)9-8-13(12)17(11)15/h3-10H,1-2H3. The molecular formula is C17H14O2S. The first-order valence-corrected chi connectivity index (χ1v) is 7.55. The fraction of sp³-hybridized carbons (Fsp3) is 0.118. The molecule has 3 rings (SSSR count). The average molecular weight is 282 g/mol. The van der Waals surface area contributed by atoms with Gasteiger partial charge in [-0.1, -0.05) is 30.3 Å². The van der Waals surface area contributed by atoms with Crippen molar-refractivity contribution in [1.29, 1.82) is 0 Å². The van der Waals surface area contributed by atoms with Gasteiger partial charge >= 0.3 is 0 Å². The number of methoxy groups -OCH3 is 1. The molecule has 0 atom stereocenters. The van der Waals surface area contributed by atoms with Gasteiger partial charge in [0.1, 0.15) is 5.75 Å². The van der Waals surface area contributed by atoms with Gasteiger partial charge < -0.3 is 4.74 Å². The summed E-state index contributed by atoms with van der Waals surface area (Å²) in [5, 5.41) is 4.14. The van der Waals surface area contributed by atoms with E-state index in [-0.39, 0.29) is 5.43 Å². The molecule has 0 saturated carbocycles. The number of hydrogen-bond donors (Lipinski definition) is 0. The number of benzene rings is 2. The molecular weight excluding hydrogens is 268 g/mol. The zero-order valence-corrected chi connectivity index (χ0v) is 12.2. The van der Waals surface area contributed by atoms with Gasteiger partial charge in [0.2, 0.25) is 0 Å². The Bertz CT molecular complexity index is 856. The summed E-state index contributed by atoms with van der Waals surface area (Å²) in [4.78, 5) is 12.9. The van der Waals surface area contributed by atoms with E-state index in [1.165, 1.54) is 11.8 Å². The van der Waals surface area contributed by atoms with Crippen LogP contribution < -0.4 is 10.2 Å². The third-order valence-corrected chi connectivity index (χ3v) is 4.23. The molecule has 0 radical (unpaired) electrons. The number of fused-ring (bicyclic) bond motifs is 3. The molecule has 0 N–H and O–H groups in total. The number of ether oxygens (including phenoxy) is 1. The highest BCUT2D eigenvalue weighted by Gasteiger charge is 2.06. The van der Waals surface area contributed by atoms with Crippen LogP contribution in [0.2, 0.25) is 0 Å². The van der Waals surface area contributed by atoms with E-state index in [2.05, 4.69) is 6.07 Å². The van der Waals surface area contributed by atoms with Crippen LogP contribution in [0.3, 0.4) is 0 Å². The lowest BCUT2D eigenvalue weighted by Gasteiger charge is -2.07. The fourth-order valence-electron chi connectivity index (χ4n) is 2.49. The molecule has 3 aromatic carbocycles. The molecule has 0 bridgehead atoms. The van der Waals surface area contributed by atoms with E-state index in [0.717, 1.165) is 32.2 Å². The predicted octanol–water partition coefficient (Wildman–Crippen LogP) is 4.08. The molecule has 0 spiro atoms. The fourth-order valence-corrected chi connectivity index (χ4v) is 2.95. The largest absolute Gasteiger partial charge is 0.496 e. The summed E-state index contributed by atoms with van der Waals surface area (Å²) >= 11 is 1.47. The monoisotopic (exact) mass is 282 g/mol. The Morgan fingerprint density at radius 1 is 1.00 bits per heavy atom. The van der Waals surface area contributed by atoms with Gasteiger partial charge in [-0.2, -0.15) is 0 Å². The van der Waals surface area contributed by atoms with E-state index in [0.29, 0.717) is 0 Å². The van der Waals surface area contributed by atoms with Gasteiger partial charge in [-0.15, -0.1) is 11.8 Å². The molecule has 0 aliphatic heterocycles. The molecule has 3 heteroatoms. The minimum Gasteiger partial charge on any atom is -0.496 e. The summed E-state index contributed by atoms with van der Waals surface area (Å²) in [6.07, 6.45) is 1.92. The Hall–Kier alpha value is -2.00. The van der Waals surface area contributed by atoms with Crippen LogP contribution in [0, 0.1) is 0 Å². The van der Waals surface area contributed by atoms with Crippen LogP contribution in [-0.4, -0.2) is 13.4 Å². The smallest absolute Gasteiger partial charge is 0.192 e. The van der Waals surface area contributed by atoms with Crippen molar-refractivity contribution >= 4 is 33.3 Å². The van der Waals surface area contributed by atoms with Crippen molar-refractivity contribution in [2.75, 3.05) is 13.4 Å². The number of rotatable bonds is 2. The third kappa shape index (κ3) is 2.04. The van der Waals surface area contributed by atoms with Crippen LogP contribution in [0.1, 0.15) is 0 Å². The Kier molecular flexibility index (Phi) is 3.36. The minimum absolute atomic E-state index is 0.0572. The van der Waals surface area contributed by atoms with Gasteiger partial charge in [0.15, 0.2) is 5.43 Å². The van der Waals surface area contributed by atoms with Gasteiger partial charge in [0.25, 0.3) is 0 Å². The molecule has 0 aliphatic rings. The first kappa shape index (κ1) is 13.0. The average Bonchev–Trinajstić information content (AvgIpc) is 2.64. The highest BCUT2D eigenvalue weighted by Crippen LogP contribution is 2.32. The maximum absolute atomic E-state index is 12.1. The summed E-state index contributed by atoms with van der Waals surface area (Å²) in [5.41, 5.74) is 0.0572. The van der Waals surface area contributed by atoms with E-state index < -0.39 is 0 Å². The first-order valence-electron chi connectivity index (χ1n) is 6.32. The van der Waals surface area contributed by atoms with Crippen molar-refractivity contribution < 1.29 is 4.74 Å². The van der Waals surface area contributed by atoms with Crippen molar-refractivity contribution in [2.24, 2.45) is 0 Å². The maximum atomic E-state index is 12.1. The lowest BCUT2D eigenvalue weighted by atomic mass is 10.0. The molecule has 0 fully saturated rings. The van der Waals surface area contributed by atoms with Crippen LogP contribution in [0.15, 0.2) is 58.2 Å². The van der Waals surface area contributed by atoms with Gasteiger partial charge in [0, 0.05) is 5.39 Å². The summed E-state index contributed by atoms with van der Waals surface area (Å²) in [7, 11) is 1.67. The van der Waals surface area contributed by atoms with E-state index >= 15 is 0 Å². The molecule has 0 saturated heterocycles. The Morgan fingerprint density at radius 2 is 1.80 bits per heavy atom. The van der Waals surface area contributed by atoms with Gasteiger partial charge in [0.05, 0.1) is 12.0 Å². The quantitative estimate of drug-likeness (QED) is 0.662. The Morgan fingerprint density at radius 3 is 2.55 bits per heavy atom. The second-order valence-corrected chi connectivity index (χ2v) is 5.39. The molecule has 20 heavy (non-hydrogen) atoms. The molecule has 100 valence electrons. The van der Waals surface area contributed by atoms with Gasteiger partial charge in [-0.05, 0) is 40.6 Å². The van der Waals surface area contributed by atoms with Gasteiger partial charge in [-0.25, -0.2) is 0 Å². The zero-order valence-electron chi connectivity index (χ0n) is 11.3. The van der Waals surface area contributed by atoms with Crippen LogP contribution in [0.5, 0.6) is 5.75 Å². The Labute approximate surface area is 121 Å². The minimum atomic E-state index is 0.0572. The van der Waals surface area contributed by atoms with Crippen molar-refractivity contribution in [1.82, 2.24) is 0 Å². The van der Waals surface area contributed by atoms with Gasteiger partial charge in [-0.3, -0.25) is 4.79 Å². The van der Waals surface area contributed by atoms with E-state index in [4.69, 9.17) is 4.74 Å². The molecule has 0 aromatic heterocycles. The lowest BCUT2D eigenvalue weighted by Crippen LogP contribution is -1.96. The highest BCUT2D eigenvalue weighted by molar-refractivity contribution is 7.98. The van der Waals surface area contributed by atoms with Crippen LogP contribution in [0.4, 0.5) is 0 Å². The second kappa shape index (κ2) is 5.17. The molecule has 0 unspecified atom stereocenters. The predicted molar refractivity (Wildman–Crippen MR) is 86.1 cm³/mol. The summed E-state index contributed by atoms with van der Waals surface area (Å²) in [6.45, 7) is 0. The van der Waals surface area contributed by atoms with Crippen molar-refractivity contribution in [3.63, 3.8) is 0 Å². The van der Waals surface area contributed by atoms with Crippen LogP contribution >= 0.6 is 11.8 Å². The topological polar surface area (TPSA) is 26.3 Å². The van der Waals surface area contributed by atoms with Crippen molar-refractivity contribution in [3.8, 4) is 5.75 Å². The van der Waals surface area contributed by atoms with Crippen molar-refractivity contribution in [3.05, 3.63) is 58.8 Å². The summed E-state index contributed by atoms with van der Waals surface area (Å²) in [5.74, 6) is 0.831. The number of thioether (sulfide) groups is 1. The lowest BCUT2D eigenvalue weighted by molar-refractivity contribution is 0.420. The zero-order chi connectivity index (χ0) is 14.1. The number of hydrogen-bond acceptors (Lipinski definition) is 3. The second-order valence-electron chi connectivity index (χ2n) is 4.54. The molecule has 0 heterocycles. The first-order chi connectivity index (χ1) is 9.74. The molecule has 0 aliphatic carbocycles. The Balaban J connectivity index is 2.54. The molecule has 2 nitrogen and oxygen atoms in total. The van der Waals surface area contributed by atoms with Crippen LogP contribution in [0.25, 0.3) is 21.5 Å². The summed E-state index contributed by atoms with van der Waals surface area (Å²) < 4.78 is 5.47. The SMILES string of the molecule is COc1cccc2ccc3cc(=O)c(SC)ccc3c12. The normalized spacial score (nSPS) is 10.9. The highest BCUT2D eigenvalue weighted by atomic mass is 32.2. The van der Waals surface area contributed by atoms with Crippen molar-refractivity contribution in [2.45, 2.75) is 4.90 Å². The van der Waals surface area contributed by atoms with E-state index in [1.54, 1.807) is 13.2 Å². The van der Waals surface area contributed by atoms with E-state index in [1.807, 2.05) is 42.7 Å². The maximum Gasteiger partial charge on any atom is 0.192 e. The molecule has 3 aromatic rings.